The van der Waals surface area contributed by atoms with Gasteiger partial charge in [0.05, 0.1) is 5.56 Å². The van der Waals surface area contributed by atoms with Crippen LogP contribution in [0.5, 0.6) is 0 Å². The maximum Gasteiger partial charge on any atom is 0.100 e. The molecule has 0 atom stereocenters. The van der Waals surface area contributed by atoms with Crippen LogP contribution in [0, 0.1) is 11.3 Å². The van der Waals surface area contributed by atoms with Gasteiger partial charge < -0.3 is 4.90 Å². The summed E-state index contributed by atoms with van der Waals surface area (Å²) in [6.45, 7) is 2.05. The number of nitriles is 1. The molecular formula is C17H15BrN2. The zero-order valence-electron chi connectivity index (χ0n) is 11.1. The summed E-state index contributed by atoms with van der Waals surface area (Å²) in [4.78, 5) is 2.39. The van der Waals surface area contributed by atoms with Crippen LogP contribution in [-0.4, -0.2) is 13.1 Å². The lowest BCUT2D eigenvalue weighted by Crippen LogP contribution is -2.25. The van der Waals surface area contributed by atoms with Crippen LogP contribution >= 0.6 is 15.9 Å². The number of anilines is 1. The first-order chi connectivity index (χ1) is 9.78. The van der Waals surface area contributed by atoms with Crippen molar-refractivity contribution >= 4 is 21.6 Å². The highest BCUT2D eigenvalue weighted by Crippen LogP contribution is 2.26. The lowest BCUT2D eigenvalue weighted by Gasteiger charge is -2.23. The van der Waals surface area contributed by atoms with E-state index in [-0.39, 0.29) is 0 Å². The Kier molecular flexibility index (Phi) is 3.75. The number of hydrogen-bond donors (Lipinski definition) is 0. The van der Waals surface area contributed by atoms with E-state index in [9.17, 15) is 0 Å². The first-order valence-corrected chi connectivity index (χ1v) is 7.58. The first-order valence-electron chi connectivity index (χ1n) is 6.79. The fourth-order valence-electron chi connectivity index (χ4n) is 2.72. The van der Waals surface area contributed by atoms with Crippen LogP contribution in [0.2, 0.25) is 0 Å². The van der Waals surface area contributed by atoms with Crippen molar-refractivity contribution in [1.82, 2.24) is 0 Å². The molecular weight excluding hydrogens is 312 g/mol. The molecule has 2 nitrogen and oxygen atoms in total. The highest BCUT2D eigenvalue weighted by Gasteiger charge is 2.14. The van der Waals surface area contributed by atoms with Crippen molar-refractivity contribution in [2.75, 3.05) is 18.0 Å². The molecule has 0 aliphatic carbocycles. The molecule has 0 saturated carbocycles. The van der Waals surface area contributed by atoms with Gasteiger partial charge in [0.25, 0.3) is 0 Å². The second kappa shape index (κ2) is 5.68. The van der Waals surface area contributed by atoms with E-state index in [4.69, 9.17) is 5.26 Å². The Balaban J connectivity index is 1.84. The summed E-state index contributed by atoms with van der Waals surface area (Å²) in [7, 11) is 0. The van der Waals surface area contributed by atoms with Crippen molar-refractivity contribution in [3.63, 3.8) is 0 Å². The van der Waals surface area contributed by atoms with E-state index in [1.807, 2.05) is 12.1 Å². The molecule has 3 heteroatoms. The number of halogens is 1. The van der Waals surface area contributed by atoms with Crippen molar-refractivity contribution < 1.29 is 0 Å². The Bertz CT molecular complexity index is 646. The van der Waals surface area contributed by atoms with Crippen LogP contribution < -0.4 is 4.90 Å². The van der Waals surface area contributed by atoms with E-state index >= 15 is 0 Å². The topological polar surface area (TPSA) is 27.0 Å². The molecule has 1 aliphatic heterocycles. The molecule has 2 aromatic carbocycles. The zero-order chi connectivity index (χ0) is 13.9. The third-order valence-electron chi connectivity index (χ3n) is 3.86. The summed E-state index contributed by atoms with van der Waals surface area (Å²) >= 11 is 3.47. The van der Waals surface area contributed by atoms with Gasteiger partial charge in [-0.2, -0.15) is 5.26 Å². The number of nitrogens with zero attached hydrogens (tertiary/aromatic N) is 2. The Morgan fingerprint density at radius 1 is 1.00 bits per heavy atom. The van der Waals surface area contributed by atoms with Crippen molar-refractivity contribution in [1.29, 1.82) is 5.26 Å². The van der Waals surface area contributed by atoms with E-state index < -0.39 is 0 Å². The summed E-state index contributed by atoms with van der Waals surface area (Å²) in [5.74, 6) is 0. The quantitative estimate of drug-likeness (QED) is 0.794. The molecule has 0 bridgehead atoms. The van der Waals surface area contributed by atoms with Gasteiger partial charge in [-0.25, -0.2) is 0 Å². The Labute approximate surface area is 127 Å². The lowest BCUT2D eigenvalue weighted by atomic mass is 10.0. The minimum atomic E-state index is 0.687. The number of rotatable bonds is 1. The lowest BCUT2D eigenvalue weighted by molar-refractivity contribution is 0.805. The molecule has 1 heterocycles. The molecule has 0 fully saturated rings. The van der Waals surface area contributed by atoms with Gasteiger partial charge >= 0.3 is 0 Å². The van der Waals surface area contributed by atoms with Crippen LogP contribution in [0.1, 0.15) is 16.7 Å². The minimum absolute atomic E-state index is 0.687. The van der Waals surface area contributed by atoms with Gasteiger partial charge in [-0.15, -0.1) is 0 Å². The number of fused-ring (bicyclic) bond motifs is 1. The fourth-order valence-corrected chi connectivity index (χ4v) is 3.17. The van der Waals surface area contributed by atoms with Gasteiger partial charge in [0.1, 0.15) is 6.07 Å². The SMILES string of the molecule is N#Cc1ccc(N2CCc3ccccc3CC2)cc1Br. The van der Waals surface area contributed by atoms with Gasteiger partial charge in [0, 0.05) is 23.2 Å². The van der Waals surface area contributed by atoms with Crippen LogP contribution in [0.25, 0.3) is 0 Å². The van der Waals surface area contributed by atoms with E-state index in [1.165, 1.54) is 16.8 Å². The molecule has 3 rings (SSSR count). The second-order valence-corrected chi connectivity index (χ2v) is 5.89. The van der Waals surface area contributed by atoms with Crippen molar-refractivity contribution in [2.45, 2.75) is 12.8 Å². The summed E-state index contributed by atoms with van der Waals surface area (Å²) in [6.07, 6.45) is 2.15. The normalized spacial score (nSPS) is 14.3. The molecule has 0 aromatic heterocycles. The number of hydrogen-bond acceptors (Lipinski definition) is 2. The molecule has 1 aliphatic rings. The van der Waals surface area contributed by atoms with E-state index in [0.29, 0.717) is 5.56 Å². The Morgan fingerprint density at radius 2 is 1.65 bits per heavy atom. The second-order valence-electron chi connectivity index (χ2n) is 5.03. The van der Waals surface area contributed by atoms with Gasteiger partial charge in [-0.05, 0) is 58.1 Å². The Hall–Kier alpha value is -1.79. The van der Waals surface area contributed by atoms with Gasteiger partial charge in [0.2, 0.25) is 0 Å². The third kappa shape index (κ3) is 2.57. The van der Waals surface area contributed by atoms with E-state index in [2.05, 4.69) is 57.2 Å². The molecule has 2 aromatic rings. The van der Waals surface area contributed by atoms with Gasteiger partial charge in [0.15, 0.2) is 0 Å². The highest BCUT2D eigenvalue weighted by molar-refractivity contribution is 9.10. The van der Waals surface area contributed by atoms with Crippen LogP contribution in [-0.2, 0) is 12.8 Å². The van der Waals surface area contributed by atoms with Crippen molar-refractivity contribution in [3.8, 4) is 6.07 Å². The van der Waals surface area contributed by atoms with E-state index in [1.54, 1.807) is 0 Å². The molecule has 0 unspecified atom stereocenters. The summed E-state index contributed by atoms with van der Waals surface area (Å²) in [5, 5.41) is 8.99. The molecule has 0 amide bonds. The van der Waals surface area contributed by atoms with Crippen LogP contribution in [0.3, 0.4) is 0 Å². The Morgan fingerprint density at radius 3 is 2.20 bits per heavy atom. The average molecular weight is 327 g/mol. The monoisotopic (exact) mass is 326 g/mol. The highest BCUT2D eigenvalue weighted by atomic mass is 79.9. The van der Waals surface area contributed by atoms with Gasteiger partial charge in [-0.1, -0.05) is 24.3 Å². The molecule has 20 heavy (non-hydrogen) atoms. The maximum absolute atomic E-state index is 8.99. The first kappa shape index (κ1) is 13.2. The molecule has 100 valence electrons. The third-order valence-corrected chi connectivity index (χ3v) is 4.51. The molecule has 0 spiro atoms. The molecule has 0 radical (unpaired) electrons. The zero-order valence-corrected chi connectivity index (χ0v) is 12.7. The predicted molar refractivity (Wildman–Crippen MR) is 84.9 cm³/mol. The van der Waals surface area contributed by atoms with Crippen LogP contribution in [0.4, 0.5) is 5.69 Å². The minimum Gasteiger partial charge on any atom is -0.371 e. The smallest absolute Gasteiger partial charge is 0.100 e. The average Bonchev–Trinajstić information content (AvgIpc) is 2.70. The van der Waals surface area contributed by atoms with Gasteiger partial charge in [-0.3, -0.25) is 0 Å². The summed E-state index contributed by atoms with van der Waals surface area (Å²) < 4.78 is 0.874. The van der Waals surface area contributed by atoms with Crippen molar-refractivity contribution in [3.05, 3.63) is 63.6 Å². The van der Waals surface area contributed by atoms with Crippen molar-refractivity contribution in [2.24, 2.45) is 0 Å². The molecule has 0 N–H and O–H groups in total. The van der Waals surface area contributed by atoms with Crippen LogP contribution in [0.15, 0.2) is 46.9 Å². The fraction of sp³-hybridized carbons (Fsp3) is 0.235. The largest absolute Gasteiger partial charge is 0.371 e. The molecule has 0 saturated heterocycles. The predicted octanol–water partition coefficient (Wildman–Crippen LogP) is 3.93. The number of benzene rings is 2. The standard InChI is InChI=1S/C17H15BrN2/c18-17-11-16(6-5-15(17)12-19)20-9-7-13-3-1-2-4-14(13)8-10-20/h1-6,11H,7-10H2. The maximum atomic E-state index is 8.99. The summed E-state index contributed by atoms with van der Waals surface area (Å²) in [6, 6.07) is 16.9. The summed E-state index contributed by atoms with van der Waals surface area (Å²) in [5.41, 5.74) is 4.79. The van der Waals surface area contributed by atoms with E-state index in [0.717, 1.165) is 30.4 Å².